The lowest BCUT2D eigenvalue weighted by atomic mass is 9.95. The molecule has 0 aliphatic heterocycles. The SMILES string of the molecule is CS(=O)(=O)c1ccc(-n2nc(C(F)F)c(C=O)c2NC2CCCCC2)nc1. The Morgan fingerprint density at radius 3 is 2.48 bits per heavy atom. The van der Waals surface area contributed by atoms with Crippen LogP contribution in [0.5, 0.6) is 0 Å². The number of aromatic nitrogens is 3. The summed E-state index contributed by atoms with van der Waals surface area (Å²) in [5.41, 5.74) is -0.832. The molecule has 0 atom stereocenters. The Bertz CT molecular complexity index is 920. The van der Waals surface area contributed by atoms with Crippen LogP contribution in [0, 0.1) is 0 Å². The second kappa shape index (κ2) is 7.71. The molecule has 27 heavy (non-hydrogen) atoms. The maximum absolute atomic E-state index is 13.4. The first-order valence-corrected chi connectivity index (χ1v) is 10.5. The van der Waals surface area contributed by atoms with Crippen molar-refractivity contribution >= 4 is 21.9 Å². The summed E-state index contributed by atoms with van der Waals surface area (Å²) in [4.78, 5) is 15.5. The monoisotopic (exact) mass is 398 g/mol. The summed E-state index contributed by atoms with van der Waals surface area (Å²) in [6, 6.07) is 2.75. The number of carbonyl (C=O) groups is 1. The number of pyridine rings is 1. The number of hydrogen-bond acceptors (Lipinski definition) is 6. The van der Waals surface area contributed by atoms with E-state index in [-0.39, 0.29) is 28.1 Å². The van der Waals surface area contributed by atoms with E-state index in [0.717, 1.165) is 49.2 Å². The highest BCUT2D eigenvalue weighted by Gasteiger charge is 2.27. The molecule has 1 N–H and O–H groups in total. The third-order valence-electron chi connectivity index (χ3n) is 4.59. The smallest absolute Gasteiger partial charge is 0.282 e. The Labute approximate surface area is 155 Å². The first-order valence-electron chi connectivity index (χ1n) is 8.60. The minimum atomic E-state index is -3.44. The maximum Gasteiger partial charge on any atom is 0.282 e. The highest BCUT2D eigenvalue weighted by Crippen LogP contribution is 2.31. The first kappa shape index (κ1) is 19.4. The van der Waals surface area contributed by atoms with Gasteiger partial charge in [-0.2, -0.15) is 9.78 Å². The average molecular weight is 398 g/mol. The molecule has 2 heterocycles. The van der Waals surface area contributed by atoms with Crippen molar-refractivity contribution in [3.05, 3.63) is 29.6 Å². The third-order valence-corrected chi connectivity index (χ3v) is 5.68. The van der Waals surface area contributed by atoms with Crippen LogP contribution < -0.4 is 5.32 Å². The van der Waals surface area contributed by atoms with Crippen LogP contribution in [-0.4, -0.2) is 41.8 Å². The fraction of sp³-hybridized carbons (Fsp3) is 0.471. The zero-order valence-electron chi connectivity index (χ0n) is 14.7. The van der Waals surface area contributed by atoms with Crippen LogP contribution in [0.3, 0.4) is 0 Å². The highest BCUT2D eigenvalue weighted by atomic mass is 32.2. The van der Waals surface area contributed by atoms with Gasteiger partial charge in [-0.3, -0.25) is 4.79 Å². The van der Waals surface area contributed by atoms with E-state index >= 15 is 0 Å². The van der Waals surface area contributed by atoms with Crippen LogP contribution in [0.4, 0.5) is 14.6 Å². The van der Waals surface area contributed by atoms with Gasteiger partial charge < -0.3 is 5.32 Å². The van der Waals surface area contributed by atoms with E-state index in [4.69, 9.17) is 0 Å². The summed E-state index contributed by atoms with van der Waals surface area (Å²) in [7, 11) is -3.44. The lowest BCUT2D eigenvalue weighted by molar-refractivity contribution is 0.110. The molecule has 1 fully saturated rings. The molecule has 0 spiro atoms. The molecule has 7 nitrogen and oxygen atoms in total. The van der Waals surface area contributed by atoms with Gasteiger partial charge in [0.05, 0.1) is 10.5 Å². The number of nitrogens with one attached hydrogen (secondary N) is 1. The number of sulfone groups is 1. The summed E-state index contributed by atoms with van der Waals surface area (Å²) in [6.45, 7) is 0. The Morgan fingerprint density at radius 1 is 1.26 bits per heavy atom. The molecule has 0 amide bonds. The predicted octanol–water partition coefficient (Wildman–Crippen LogP) is 3.17. The van der Waals surface area contributed by atoms with Gasteiger partial charge in [0.1, 0.15) is 11.5 Å². The molecule has 2 aromatic heterocycles. The van der Waals surface area contributed by atoms with Crippen molar-refractivity contribution < 1.29 is 22.0 Å². The molecule has 1 aliphatic rings. The zero-order valence-corrected chi connectivity index (χ0v) is 15.5. The minimum Gasteiger partial charge on any atom is -0.367 e. The van der Waals surface area contributed by atoms with E-state index in [1.165, 1.54) is 12.1 Å². The van der Waals surface area contributed by atoms with E-state index in [1.807, 2.05) is 0 Å². The second-order valence-corrected chi connectivity index (χ2v) is 8.60. The molecule has 0 radical (unpaired) electrons. The molecule has 0 unspecified atom stereocenters. The van der Waals surface area contributed by atoms with Gasteiger partial charge in [-0.1, -0.05) is 19.3 Å². The Morgan fingerprint density at radius 2 is 1.96 bits per heavy atom. The van der Waals surface area contributed by atoms with Crippen molar-refractivity contribution in [1.82, 2.24) is 14.8 Å². The van der Waals surface area contributed by atoms with Crippen molar-refractivity contribution in [3.63, 3.8) is 0 Å². The third kappa shape index (κ3) is 4.15. The normalized spacial score (nSPS) is 15.9. The minimum absolute atomic E-state index is 0.00453. The quantitative estimate of drug-likeness (QED) is 0.751. The van der Waals surface area contributed by atoms with Gasteiger partial charge in [-0.05, 0) is 25.0 Å². The van der Waals surface area contributed by atoms with Crippen molar-refractivity contribution in [2.24, 2.45) is 0 Å². The molecule has 1 aliphatic carbocycles. The summed E-state index contributed by atoms with van der Waals surface area (Å²) in [6.07, 6.45) is 4.52. The number of nitrogens with zero attached hydrogens (tertiary/aromatic N) is 3. The van der Waals surface area contributed by atoms with Crippen molar-refractivity contribution in [3.8, 4) is 5.82 Å². The van der Waals surface area contributed by atoms with Gasteiger partial charge in [0.15, 0.2) is 21.9 Å². The van der Waals surface area contributed by atoms with Gasteiger partial charge in [0.25, 0.3) is 6.43 Å². The molecule has 0 aromatic carbocycles. The van der Waals surface area contributed by atoms with Crippen LogP contribution in [0.1, 0.15) is 54.6 Å². The number of carbonyl (C=O) groups excluding carboxylic acids is 1. The number of anilines is 1. The summed E-state index contributed by atoms with van der Waals surface area (Å²) in [5, 5.41) is 7.03. The maximum atomic E-state index is 13.4. The Balaban J connectivity index is 2.06. The lowest BCUT2D eigenvalue weighted by Crippen LogP contribution is -2.24. The molecular weight excluding hydrogens is 378 g/mol. The van der Waals surface area contributed by atoms with E-state index in [9.17, 15) is 22.0 Å². The van der Waals surface area contributed by atoms with Crippen molar-refractivity contribution in [1.29, 1.82) is 0 Å². The van der Waals surface area contributed by atoms with E-state index in [1.54, 1.807) is 0 Å². The van der Waals surface area contributed by atoms with Gasteiger partial charge in [0.2, 0.25) is 0 Å². The van der Waals surface area contributed by atoms with Crippen molar-refractivity contribution in [2.75, 3.05) is 11.6 Å². The number of halogens is 2. The standard InChI is InChI=1S/C17H20F2N4O3S/c1-27(25,26)12-7-8-14(20-9-12)23-17(21-11-5-3-2-4-6-11)13(10-24)15(22-23)16(18)19/h7-11,16,21H,2-6H2,1H3. The van der Waals surface area contributed by atoms with Gasteiger partial charge in [0, 0.05) is 18.5 Å². The van der Waals surface area contributed by atoms with Crippen LogP contribution in [0.25, 0.3) is 5.82 Å². The Hall–Kier alpha value is -2.36. The average Bonchev–Trinajstić information content (AvgIpc) is 3.00. The number of aldehydes is 1. The van der Waals surface area contributed by atoms with E-state index < -0.39 is 22.0 Å². The van der Waals surface area contributed by atoms with Gasteiger partial charge >= 0.3 is 0 Å². The largest absolute Gasteiger partial charge is 0.367 e. The second-order valence-electron chi connectivity index (χ2n) is 6.58. The Kier molecular flexibility index (Phi) is 5.54. The van der Waals surface area contributed by atoms with Crippen LogP contribution >= 0.6 is 0 Å². The summed E-state index contributed by atoms with van der Waals surface area (Å²) in [5.74, 6) is 0.308. The van der Waals surface area contributed by atoms with Crippen molar-refractivity contribution in [2.45, 2.75) is 49.5 Å². The van der Waals surface area contributed by atoms with Gasteiger partial charge in [-0.15, -0.1) is 0 Å². The zero-order chi connectivity index (χ0) is 19.6. The van der Waals surface area contributed by atoms with Crippen LogP contribution in [0.15, 0.2) is 23.2 Å². The summed E-state index contributed by atoms with van der Waals surface area (Å²) >= 11 is 0. The molecule has 2 aromatic rings. The molecule has 0 saturated heterocycles. The molecule has 10 heteroatoms. The predicted molar refractivity (Wildman–Crippen MR) is 95.3 cm³/mol. The van der Waals surface area contributed by atoms with E-state index in [0.29, 0.717) is 6.29 Å². The fourth-order valence-electron chi connectivity index (χ4n) is 3.19. The van der Waals surface area contributed by atoms with E-state index in [2.05, 4.69) is 15.4 Å². The van der Waals surface area contributed by atoms with Gasteiger partial charge in [-0.25, -0.2) is 22.2 Å². The molecule has 146 valence electrons. The number of hydrogen-bond donors (Lipinski definition) is 1. The lowest BCUT2D eigenvalue weighted by Gasteiger charge is -2.24. The number of rotatable bonds is 6. The molecule has 1 saturated carbocycles. The molecular formula is C17H20F2N4O3S. The summed E-state index contributed by atoms with van der Waals surface area (Å²) < 4.78 is 51.0. The fourth-order valence-corrected chi connectivity index (χ4v) is 3.75. The van der Waals surface area contributed by atoms with Crippen LogP contribution in [0.2, 0.25) is 0 Å². The molecule has 3 rings (SSSR count). The highest BCUT2D eigenvalue weighted by molar-refractivity contribution is 7.90. The first-order chi connectivity index (χ1) is 12.8. The number of alkyl halides is 2. The van der Waals surface area contributed by atoms with Crippen LogP contribution in [-0.2, 0) is 9.84 Å². The molecule has 0 bridgehead atoms. The topological polar surface area (TPSA) is 94.0 Å².